The van der Waals surface area contributed by atoms with Gasteiger partial charge in [-0.3, -0.25) is 4.72 Å². The van der Waals surface area contributed by atoms with E-state index in [2.05, 4.69) is 9.46 Å². The van der Waals surface area contributed by atoms with Gasteiger partial charge in [-0.1, -0.05) is 17.7 Å². The molecular formula is C15H13ClFNO4S. The van der Waals surface area contributed by atoms with Gasteiger partial charge in [-0.25, -0.2) is 17.6 Å². The van der Waals surface area contributed by atoms with Crippen LogP contribution in [0.5, 0.6) is 0 Å². The molecule has 0 aliphatic carbocycles. The Bertz CT molecular complexity index is 868. The van der Waals surface area contributed by atoms with Gasteiger partial charge in [-0.15, -0.1) is 0 Å². The fourth-order valence-electron chi connectivity index (χ4n) is 1.87. The summed E-state index contributed by atoms with van der Waals surface area (Å²) in [4.78, 5) is 11.0. The first-order chi connectivity index (χ1) is 10.7. The summed E-state index contributed by atoms with van der Waals surface area (Å²) in [6, 6.07) is 7.64. The topological polar surface area (TPSA) is 72.5 Å². The summed E-state index contributed by atoms with van der Waals surface area (Å²) < 4.78 is 45.3. The number of benzene rings is 2. The smallest absolute Gasteiger partial charge is 0.337 e. The molecule has 2 rings (SSSR count). The molecule has 0 unspecified atom stereocenters. The number of sulfonamides is 1. The largest absolute Gasteiger partial charge is 0.465 e. The fraction of sp³-hybridized carbons (Fsp3) is 0.133. The van der Waals surface area contributed by atoms with E-state index in [4.69, 9.17) is 11.6 Å². The Labute approximate surface area is 138 Å². The molecule has 5 nitrogen and oxygen atoms in total. The second-order valence-corrected chi connectivity index (χ2v) is 6.79. The van der Waals surface area contributed by atoms with Crippen molar-refractivity contribution < 1.29 is 22.3 Å². The van der Waals surface area contributed by atoms with Crippen LogP contribution in [-0.2, 0) is 14.8 Å². The summed E-state index contributed by atoms with van der Waals surface area (Å²) in [6.45, 7) is 1.65. The molecule has 0 fully saturated rings. The van der Waals surface area contributed by atoms with E-state index in [1.165, 1.54) is 25.3 Å². The van der Waals surface area contributed by atoms with Gasteiger partial charge in [0.25, 0.3) is 10.0 Å². The number of ether oxygens (including phenoxy) is 1. The van der Waals surface area contributed by atoms with Gasteiger partial charge in [0.1, 0.15) is 10.7 Å². The maximum absolute atomic E-state index is 13.8. The zero-order valence-electron chi connectivity index (χ0n) is 12.3. The van der Waals surface area contributed by atoms with E-state index in [0.29, 0.717) is 5.56 Å². The Hall–Kier alpha value is -2.12. The third-order valence-electron chi connectivity index (χ3n) is 3.09. The minimum atomic E-state index is -4.17. The van der Waals surface area contributed by atoms with Crippen molar-refractivity contribution in [3.05, 3.63) is 58.4 Å². The molecule has 8 heteroatoms. The Morgan fingerprint density at radius 3 is 2.52 bits per heavy atom. The second-order valence-electron chi connectivity index (χ2n) is 4.70. The highest BCUT2D eigenvalue weighted by atomic mass is 35.5. The third kappa shape index (κ3) is 3.80. The number of hydrogen-bond donors (Lipinski definition) is 1. The van der Waals surface area contributed by atoms with Crippen LogP contribution in [0.25, 0.3) is 0 Å². The van der Waals surface area contributed by atoms with Gasteiger partial charge in [-0.05, 0) is 42.8 Å². The van der Waals surface area contributed by atoms with Crippen molar-refractivity contribution in [2.75, 3.05) is 11.8 Å². The summed E-state index contributed by atoms with van der Waals surface area (Å²) in [5.41, 5.74) is 0.894. The van der Waals surface area contributed by atoms with Gasteiger partial charge >= 0.3 is 5.97 Å². The van der Waals surface area contributed by atoms with E-state index in [-0.39, 0.29) is 16.3 Å². The van der Waals surface area contributed by atoms with Crippen LogP contribution in [0.4, 0.5) is 10.1 Å². The highest BCUT2D eigenvalue weighted by Crippen LogP contribution is 2.24. The van der Waals surface area contributed by atoms with Crippen molar-refractivity contribution >= 4 is 33.3 Å². The van der Waals surface area contributed by atoms with Crippen LogP contribution in [0.3, 0.4) is 0 Å². The van der Waals surface area contributed by atoms with Crippen LogP contribution in [0.15, 0.2) is 41.3 Å². The minimum Gasteiger partial charge on any atom is -0.465 e. The molecule has 0 saturated carbocycles. The van der Waals surface area contributed by atoms with Crippen molar-refractivity contribution in [2.45, 2.75) is 11.8 Å². The minimum absolute atomic E-state index is 0.0883. The van der Waals surface area contributed by atoms with E-state index in [0.717, 1.165) is 12.1 Å². The molecule has 0 bridgehead atoms. The van der Waals surface area contributed by atoms with Crippen molar-refractivity contribution in [1.82, 2.24) is 0 Å². The normalized spacial score (nSPS) is 11.1. The molecule has 0 amide bonds. The van der Waals surface area contributed by atoms with E-state index in [1.54, 1.807) is 13.0 Å². The van der Waals surface area contributed by atoms with Gasteiger partial charge in [-0.2, -0.15) is 0 Å². The molecule has 122 valence electrons. The summed E-state index contributed by atoms with van der Waals surface area (Å²) in [6.07, 6.45) is 0. The predicted molar refractivity (Wildman–Crippen MR) is 84.7 cm³/mol. The predicted octanol–water partition coefficient (Wildman–Crippen LogP) is 3.37. The number of rotatable bonds is 4. The maximum atomic E-state index is 13.8. The second kappa shape index (κ2) is 6.55. The highest BCUT2D eigenvalue weighted by molar-refractivity contribution is 7.92. The summed E-state index contributed by atoms with van der Waals surface area (Å²) in [5.74, 6) is -1.57. The number of esters is 1. The monoisotopic (exact) mass is 357 g/mol. The first-order valence-electron chi connectivity index (χ1n) is 6.41. The average molecular weight is 358 g/mol. The zero-order valence-corrected chi connectivity index (χ0v) is 13.8. The summed E-state index contributed by atoms with van der Waals surface area (Å²) in [5, 5.41) is 0.0883. The Balaban J connectivity index is 2.43. The molecular weight excluding hydrogens is 345 g/mol. The number of aryl methyl sites for hydroxylation is 1. The zero-order chi connectivity index (χ0) is 17.2. The molecule has 23 heavy (non-hydrogen) atoms. The first kappa shape index (κ1) is 17.2. The van der Waals surface area contributed by atoms with Crippen LogP contribution >= 0.6 is 11.6 Å². The van der Waals surface area contributed by atoms with Crippen molar-refractivity contribution in [3.63, 3.8) is 0 Å². The molecule has 0 radical (unpaired) electrons. The molecule has 0 heterocycles. The number of carbonyl (C=O) groups is 1. The Kier molecular flexibility index (Phi) is 4.91. The van der Waals surface area contributed by atoms with Crippen LogP contribution in [0, 0.1) is 12.7 Å². The highest BCUT2D eigenvalue weighted by Gasteiger charge is 2.21. The summed E-state index contributed by atoms with van der Waals surface area (Å²) >= 11 is 5.62. The number of halogens is 2. The number of methoxy groups -OCH3 is 1. The van der Waals surface area contributed by atoms with Crippen LogP contribution < -0.4 is 4.72 Å². The molecule has 0 spiro atoms. The summed E-state index contributed by atoms with van der Waals surface area (Å²) in [7, 11) is -2.95. The van der Waals surface area contributed by atoms with Gasteiger partial charge in [0.15, 0.2) is 0 Å². The molecule has 0 aliphatic rings. The Morgan fingerprint density at radius 2 is 1.91 bits per heavy atom. The lowest BCUT2D eigenvalue weighted by Gasteiger charge is -2.12. The number of anilines is 1. The molecule has 0 atom stereocenters. The van der Waals surface area contributed by atoms with Crippen molar-refractivity contribution in [2.24, 2.45) is 0 Å². The molecule has 2 aromatic carbocycles. The van der Waals surface area contributed by atoms with Crippen LogP contribution in [0.2, 0.25) is 5.02 Å². The molecule has 2 aromatic rings. The van der Waals surface area contributed by atoms with Crippen molar-refractivity contribution in [1.29, 1.82) is 0 Å². The third-order valence-corrected chi connectivity index (χ3v) is 4.72. The van der Waals surface area contributed by atoms with Crippen molar-refractivity contribution in [3.8, 4) is 0 Å². The molecule has 0 aliphatic heterocycles. The van der Waals surface area contributed by atoms with Gasteiger partial charge in [0.2, 0.25) is 0 Å². The van der Waals surface area contributed by atoms with Crippen LogP contribution in [0.1, 0.15) is 15.9 Å². The molecule has 1 N–H and O–H groups in total. The fourth-order valence-corrected chi connectivity index (χ4v) is 3.21. The van der Waals surface area contributed by atoms with Crippen LogP contribution in [-0.4, -0.2) is 21.5 Å². The lowest BCUT2D eigenvalue weighted by molar-refractivity contribution is 0.0601. The van der Waals surface area contributed by atoms with Gasteiger partial charge < -0.3 is 4.74 Å². The van der Waals surface area contributed by atoms with E-state index in [9.17, 15) is 17.6 Å². The maximum Gasteiger partial charge on any atom is 0.337 e. The molecule has 0 aromatic heterocycles. The molecule has 0 saturated heterocycles. The van der Waals surface area contributed by atoms with E-state index >= 15 is 0 Å². The van der Waals surface area contributed by atoms with E-state index < -0.39 is 26.7 Å². The van der Waals surface area contributed by atoms with Gasteiger partial charge in [0, 0.05) is 5.02 Å². The standard InChI is InChI=1S/C15H13ClFNO4S/c1-9-3-4-10(15(19)22-2)7-13(9)18-23(20,21)14-6-5-11(16)8-12(14)17/h3-8,18H,1-2H3. The lowest BCUT2D eigenvalue weighted by atomic mass is 10.1. The lowest BCUT2D eigenvalue weighted by Crippen LogP contribution is -2.16. The quantitative estimate of drug-likeness (QED) is 0.851. The first-order valence-corrected chi connectivity index (χ1v) is 8.27. The number of nitrogens with one attached hydrogen (secondary N) is 1. The number of hydrogen-bond acceptors (Lipinski definition) is 4. The Morgan fingerprint density at radius 1 is 1.22 bits per heavy atom. The number of carbonyl (C=O) groups excluding carboxylic acids is 1. The van der Waals surface area contributed by atoms with Gasteiger partial charge in [0.05, 0.1) is 18.4 Å². The SMILES string of the molecule is COC(=O)c1ccc(C)c(NS(=O)(=O)c2ccc(Cl)cc2F)c1. The van der Waals surface area contributed by atoms with E-state index in [1.807, 2.05) is 0 Å². The average Bonchev–Trinajstić information content (AvgIpc) is 2.48.